The first kappa shape index (κ1) is 14.5. The third-order valence-electron chi connectivity index (χ3n) is 4.42. The quantitative estimate of drug-likeness (QED) is 0.544. The van der Waals surface area contributed by atoms with E-state index >= 15 is 0 Å². The molecule has 2 unspecified atom stereocenters. The SMILES string of the molecule is CN(C)CCCCCN1C(=O)C2CCCCC2C1=O. The molecule has 4 nitrogen and oxygen atoms in total. The third kappa shape index (κ3) is 3.35. The molecule has 2 amide bonds. The van der Waals surface area contributed by atoms with Crippen LogP contribution in [-0.4, -0.2) is 48.8 Å². The lowest BCUT2D eigenvalue weighted by atomic mass is 9.81. The summed E-state index contributed by atoms with van der Waals surface area (Å²) in [6.07, 6.45) is 7.23. The number of hydrogen-bond acceptors (Lipinski definition) is 3. The highest BCUT2D eigenvalue weighted by Gasteiger charge is 2.47. The second kappa shape index (κ2) is 6.51. The Morgan fingerprint density at radius 1 is 1.00 bits per heavy atom. The van der Waals surface area contributed by atoms with E-state index in [-0.39, 0.29) is 23.7 Å². The maximum absolute atomic E-state index is 12.2. The Hall–Kier alpha value is -0.900. The summed E-state index contributed by atoms with van der Waals surface area (Å²) in [6.45, 7) is 1.71. The number of likely N-dealkylation sites (tertiary alicyclic amines) is 1. The molecule has 0 spiro atoms. The topological polar surface area (TPSA) is 40.6 Å². The molecule has 1 saturated heterocycles. The summed E-state index contributed by atoms with van der Waals surface area (Å²) in [5.74, 6) is 0.260. The first-order valence-corrected chi connectivity index (χ1v) is 7.61. The number of carbonyl (C=O) groups is 2. The summed E-state index contributed by atoms with van der Waals surface area (Å²) < 4.78 is 0. The van der Waals surface area contributed by atoms with Gasteiger partial charge in [0.15, 0.2) is 0 Å². The molecule has 0 N–H and O–H groups in total. The van der Waals surface area contributed by atoms with Crippen LogP contribution in [0.1, 0.15) is 44.9 Å². The molecule has 0 radical (unpaired) electrons. The van der Waals surface area contributed by atoms with Gasteiger partial charge >= 0.3 is 0 Å². The van der Waals surface area contributed by atoms with Gasteiger partial charge < -0.3 is 4.90 Å². The molecule has 1 heterocycles. The lowest BCUT2D eigenvalue weighted by Gasteiger charge is -2.19. The van der Waals surface area contributed by atoms with E-state index in [1.165, 1.54) is 0 Å². The van der Waals surface area contributed by atoms with Crippen LogP contribution in [-0.2, 0) is 9.59 Å². The van der Waals surface area contributed by atoms with Crippen LogP contribution in [0.3, 0.4) is 0 Å². The van der Waals surface area contributed by atoms with Gasteiger partial charge in [-0.1, -0.05) is 19.3 Å². The molecular formula is C15H26N2O2. The highest BCUT2D eigenvalue weighted by molar-refractivity contribution is 6.05. The number of unbranched alkanes of at least 4 members (excludes halogenated alkanes) is 2. The van der Waals surface area contributed by atoms with Crippen molar-refractivity contribution < 1.29 is 9.59 Å². The lowest BCUT2D eigenvalue weighted by molar-refractivity contribution is -0.139. The van der Waals surface area contributed by atoms with Gasteiger partial charge in [-0.2, -0.15) is 0 Å². The first-order chi connectivity index (χ1) is 9.11. The number of amides is 2. The molecule has 0 bridgehead atoms. The van der Waals surface area contributed by atoms with E-state index in [0.29, 0.717) is 6.54 Å². The van der Waals surface area contributed by atoms with Crippen LogP contribution >= 0.6 is 0 Å². The zero-order chi connectivity index (χ0) is 13.8. The average Bonchev–Trinajstić information content (AvgIpc) is 2.63. The van der Waals surface area contributed by atoms with Gasteiger partial charge in [-0.15, -0.1) is 0 Å². The summed E-state index contributed by atoms with van der Waals surface area (Å²) in [4.78, 5) is 28.2. The standard InChI is InChI=1S/C15H26N2O2/c1-16(2)10-6-3-7-11-17-14(18)12-8-4-5-9-13(12)15(17)19/h12-13H,3-11H2,1-2H3. The Kier molecular flexibility index (Phi) is 4.97. The molecule has 1 aliphatic heterocycles. The Bertz CT molecular complexity index is 317. The van der Waals surface area contributed by atoms with Crippen LogP contribution in [0.25, 0.3) is 0 Å². The van der Waals surface area contributed by atoms with Crippen molar-refractivity contribution in [2.45, 2.75) is 44.9 Å². The summed E-state index contributed by atoms with van der Waals surface area (Å²) in [5, 5.41) is 0. The molecular weight excluding hydrogens is 240 g/mol. The minimum atomic E-state index is 0.0167. The van der Waals surface area contributed by atoms with Gasteiger partial charge in [-0.3, -0.25) is 14.5 Å². The normalized spacial score (nSPS) is 27.2. The monoisotopic (exact) mass is 266 g/mol. The fourth-order valence-electron chi connectivity index (χ4n) is 3.33. The van der Waals surface area contributed by atoms with E-state index in [2.05, 4.69) is 19.0 Å². The molecule has 108 valence electrons. The van der Waals surface area contributed by atoms with Crippen molar-refractivity contribution in [1.29, 1.82) is 0 Å². The largest absolute Gasteiger partial charge is 0.309 e. The maximum Gasteiger partial charge on any atom is 0.233 e. The zero-order valence-electron chi connectivity index (χ0n) is 12.2. The van der Waals surface area contributed by atoms with Gasteiger partial charge in [-0.25, -0.2) is 0 Å². The fraction of sp³-hybridized carbons (Fsp3) is 0.867. The molecule has 2 rings (SSSR count). The average molecular weight is 266 g/mol. The summed E-state index contributed by atoms with van der Waals surface area (Å²) >= 11 is 0. The number of carbonyl (C=O) groups excluding carboxylic acids is 2. The minimum absolute atomic E-state index is 0.0167. The molecule has 0 aromatic carbocycles. The minimum Gasteiger partial charge on any atom is -0.309 e. The Labute approximate surface area is 116 Å². The van der Waals surface area contributed by atoms with Crippen LogP contribution in [0.4, 0.5) is 0 Å². The highest BCUT2D eigenvalue weighted by Crippen LogP contribution is 2.37. The Morgan fingerprint density at radius 3 is 2.11 bits per heavy atom. The predicted molar refractivity (Wildman–Crippen MR) is 74.6 cm³/mol. The highest BCUT2D eigenvalue weighted by atomic mass is 16.2. The molecule has 4 heteroatoms. The van der Waals surface area contributed by atoms with E-state index in [9.17, 15) is 9.59 Å². The number of fused-ring (bicyclic) bond motifs is 1. The van der Waals surface area contributed by atoms with Crippen molar-refractivity contribution in [2.75, 3.05) is 27.2 Å². The van der Waals surface area contributed by atoms with Gasteiger partial charge in [0.05, 0.1) is 11.8 Å². The van der Waals surface area contributed by atoms with Gasteiger partial charge in [-0.05, 0) is 46.3 Å². The van der Waals surface area contributed by atoms with Crippen LogP contribution < -0.4 is 0 Å². The van der Waals surface area contributed by atoms with Crippen molar-refractivity contribution in [3.8, 4) is 0 Å². The van der Waals surface area contributed by atoms with Gasteiger partial charge in [0.1, 0.15) is 0 Å². The Morgan fingerprint density at radius 2 is 1.58 bits per heavy atom. The van der Waals surface area contributed by atoms with Gasteiger partial charge in [0.25, 0.3) is 0 Å². The maximum atomic E-state index is 12.2. The number of nitrogens with zero attached hydrogens (tertiary/aromatic N) is 2. The van der Waals surface area contributed by atoms with Crippen LogP contribution in [0.2, 0.25) is 0 Å². The van der Waals surface area contributed by atoms with Crippen molar-refractivity contribution in [1.82, 2.24) is 9.80 Å². The van der Waals surface area contributed by atoms with E-state index in [1.54, 1.807) is 4.90 Å². The summed E-state index contributed by atoms with van der Waals surface area (Å²) in [7, 11) is 4.14. The first-order valence-electron chi connectivity index (χ1n) is 7.61. The predicted octanol–water partition coefficient (Wildman–Crippen LogP) is 1.89. The van der Waals surface area contributed by atoms with Crippen LogP contribution in [0.15, 0.2) is 0 Å². The molecule has 0 aromatic rings. The summed E-state index contributed by atoms with van der Waals surface area (Å²) in [6, 6.07) is 0. The Balaban J connectivity index is 1.77. The molecule has 1 aliphatic carbocycles. The molecule has 19 heavy (non-hydrogen) atoms. The van der Waals surface area contributed by atoms with Crippen molar-refractivity contribution >= 4 is 11.8 Å². The third-order valence-corrected chi connectivity index (χ3v) is 4.42. The second-order valence-corrected chi connectivity index (χ2v) is 6.19. The van der Waals surface area contributed by atoms with Crippen LogP contribution in [0, 0.1) is 11.8 Å². The molecule has 1 saturated carbocycles. The number of imide groups is 1. The fourth-order valence-corrected chi connectivity index (χ4v) is 3.33. The molecule has 2 fully saturated rings. The van der Waals surface area contributed by atoms with E-state index in [4.69, 9.17) is 0 Å². The molecule has 0 aromatic heterocycles. The smallest absolute Gasteiger partial charge is 0.233 e. The van der Waals surface area contributed by atoms with E-state index < -0.39 is 0 Å². The van der Waals surface area contributed by atoms with Gasteiger partial charge in [0, 0.05) is 6.54 Å². The van der Waals surface area contributed by atoms with Crippen molar-refractivity contribution in [3.05, 3.63) is 0 Å². The summed E-state index contributed by atoms with van der Waals surface area (Å²) in [5.41, 5.74) is 0. The van der Waals surface area contributed by atoms with Crippen molar-refractivity contribution in [3.63, 3.8) is 0 Å². The van der Waals surface area contributed by atoms with E-state index in [1.807, 2.05) is 0 Å². The van der Waals surface area contributed by atoms with Crippen LogP contribution in [0.5, 0.6) is 0 Å². The number of hydrogen-bond donors (Lipinski definition) is 0. The van der Waals surface area contributed by atoms with Gasteiger partial charge in [0.2, 0.25) is 11.8 Å². The molecule has 2 atom stereocenters. The molecule has 2 aliphatic rings. The number of rotatable bonds is 6. The zero-order valence-corrected chi connectivity index (χ0v) is 12.2. The van der Waals surface area contributed by atoms with Crippen molar-refractivity contribution in [2.24, 2.45) is 11.8 Å². The lowest BCUT2D eigenvalue weighted by Crippen LogP contribution is -2.32. The second-order valence-electron chi connectivity index (χ2n) is 6.19. The van der Waals surface area contributed by atoms with E-state index in [0.717, 1.165) is 51.5 Å².